The zero-order valence-corrected chi connectivity index (χ0v) is 18.9. The second kappa shape index (κ2) is 16.6. The lowest BCUT2D eigenvalue weighted by atomic mass is 10.1. The van der Waals surface area contributed by atoms with Crippen molar-refractivity contribution in [3.63, 3.8) is 0 Å². The predicted molar refractivity (Wildman–Crippen MR) is 115 cm³/mol. The number of aliphatic carboxylic acids is 2. The molecule has 0 aromatic carbocycles. The van der Waals surface area contributed by atoms with Crippen LogP contribution in [0.25, 0.3) is 0 Å². The Hall–Kier alpha value is -2.08. The predicted octanol–water partition coefficient (Wildman–Crippen LogP) is -0.677. The molecule has 0 aromatic heterocycles. The van der Waals surface area contributed by atoms with Gasteiger partial charge in [0.2, 0.25) is 0 Å². The Morgan fingerprint density at radius 2 is 1.03 bits per heavy atom. The summed E-state index contributed by atoms with van der Waals surface area (Å²) in [6, 6.07) is 0. The van der Waals surface area contributed by atoms with Gasteiger partial charge >= 0.3 is 11.9 Å². The zero-order valence-electron chi connectivity index (χ0n) is 18.9. The third-order valence-corrected chi connectivity index (χ3v) is 5.12. The molecule has 1 rings (SSSR count). The minimum atomic E-state index is -0.904. The van der Waals surface area contributed by atoms with Crippen molar-refractivity contribution in [2.75, 3.05) is 78.5 Å². The molecular formula is C20H38N4O7. The van der Waals surface area contributed by atoms with E-state index in [9.17, 15) is 19.5 Å². The molecule has 0 bridgehead atoms. The quantitative estimate of drug-likeness (QED) is 0.408. The first-order chi connectivity index (χ1) is 14.6. The number of likely N-dealkylation sites (N-methyl/N-ethyl adjacent to an activating group) is 1. The van der Waals surface area contributed by atoms with Crippen LogP contribution in [0.3, 0.4) is 0 Å². The van der Waals surface area contributed by atoms with Gasteiger partial charge in [0.25, 0.3) is 6.47 Å². The Kier molecular flexibility index (Phi) is 15.5. The van der Waals surface area contributed by atoms with Crippen molar-refractivity contribution in [1.29, 1.82) is 0 Å². The van der Waals surface area contributed by atoms with Gasteiger partial charge in [-0.25, -0.2) is 0 Å². The molecule has 31 heavy (non-hydrogen) atoms. The summed E-state index contributed by atoms with van der Waals surface area (Å²) in [6.07, 6.45) is 0. The average molecular weight is 447 g/mol. The fraction of sp³-hybridized carbons (Fsp3) is 0.800. The maximum atomic E-state index is 12.2. The van der Waals surface area contributed by atoms with E-state index in [4.69, 9.17) is 15.0 Å². The molecule has 11 nitrogen and oxygen atoms in total. The second-order valence-corrected chi connectivity index (χ2v) is 7.78. The summed E-state index contributed by atoms with van der Waals surface area (Å²) in [4.78, 5) is 51.0. The van der Waals surface area contributed by atoms with Gasteiger partial charge in [-0.05, 0) is 6.54 Å². The van der Waals surface area contributed by atoms with Gasteiger partial charge < -0.3 is 20.2 Å². The molecule has 1 saturated heterocycles. The summed E-state index contributed by atoms with van der Waals surface area (Å²) in [7, 11) is 0. The SMILES string of the molecule is CCN1CCN(CC(=O)O)CCN(CC(=O)O)CCN(CC(=O)C(C)C)CC1.O=CO. The number of nitrogens with zero attached hydrogens (tertiary/aromatic N) is 4. The van der Waals surface area contributed by atoms with Crippen molar-refractivity contribution in [1.82, 2.24) is 19.6 Å². The molecule has 1 aliphatic heterocycles. The number of ketones is 1. The van der Waals surface area contributed by atoms with Crippen molar-refractivity contribution in [2.45, 2.75) is 20.8 Å². The van der Waals surface area contributed by atoms with E-state index in [1.165, 1.54) is 0 Å². The van der Waals surface area contributed by atoms with Crippen LogP contribution >= 0.6 is 0 Å². The molecule has 0 aliphatic carbocycles. The van der Waals surface area contributed by atoms with E-state index in [1.807, 2.05) is 23.6 Å². The Morgan fingerprint density at radius 3 is 1.29 bits per heavy atom. The summed E-state index contributed by atoms with van der Waals surface area (Å²) in [5, 5.41) is 25.2. The van der Waals surface area contributed by atoms with Crippen LogP contribution in [0.4, 0.5) is 0 Å². The summed E-state index contributed by atoms with van der Waals surface area (Å²) in [6.45, 7) is 11.7. The minimum Gasteiger partial charge on any atom is -0.483 e. The van der Waals surface area contributed by atoms with Crippen molar-refractivity contribution < 1.29 is 34.5 Å². The third kappa shape index (κ3) is 14.5. The molecule has 0 radical (unpaired) electrons. The van der Waals surface area contributed by atoms with E-state index in [-0.39, 0.29) is 31.3 Å². The highest BCUT2D eigenvalue weighted by Gasteiger charge is 2.20. The van der Waals surface area contributed by atoms with Crippen LogP contribution in [-0.4, -0.2) is 138 Å². The second-order valence-electron chi connectivity index (χ2n) is 7.78. The molecule has 180 valence electrons. The number of carboxylic acids is 2. The molecule has 11 heteroatoms. The molecule has 1 heterocycles. The number of rotatable bonds is 8. The number of hydrogen-bond acceptors (Lipinski definition) is 8. The molecule has 0 aromatic rings. The maximum absolute atomic E-state index is 12.2. The highest BCUT2D eigenvalue weighted by Crippen LogP contribution is 2.03. The van der Waals surface area contributed by atoms with Crippen LogP contribution < -0.4 is 0 Å². The zero-order chi connectivity index (χ0) is 23.8. The molecule has 0 saturated carbocycles. The van der Waals surface area contributed by atoms with Crippen LogP contribution in [-0.2, 0) is 19.2 Å². The normalized spacial score (nSPS) is 18.3. The molecule has 0 unspecified atom stereocenters. The lowest BCUT2D eigenvalue weighted by Crippen LogP contribution is -2.48. The van der Waals surface area contributed by atoms with Crippen molar-refractivity contribution >= 4 is 24.2 Å². The van der Waals surface area contributed by atoms with E-state index in [0.717, 1.165) is 26.2 Å². The van der Waals surface area contributed by atoms with E-state index in [0.29, 0.717) is 39.3 Å². The van der Waals surface area contributed by atoms with Gasteiger partial charge in [0.05, 0.1) is 19.6 Å². The molecule has 0 amide bonds. The summed E-state index contributed by atoms with van der Waals surface area (Å²) in [5.41, 5.74) is 0. The fourth-order valence-electron chi connectivity index (χ4n) is 3.15. The molecule has 0 atom stereocenters. The minimum absolute atomic E-state index is 0.0247. The van der Waals surface area contributed by atoms with Gasteiger partial charge in [0, 0.05) is 58.3 Å². The topological polar surface area (TPSA) is 142 Å². The average Bonchev–Trinajstić information content (AvgIpc) is 2.67. The van der Waals surface area contributed by atoms with Crippen LogP contribution in [0.5, 0.6) is 0 Å². The fourth-order valence-corrected chi connectivity index (χ4v) is 3.15. The van der Waals surface area contributed by atoms with Gasteiger partial charge in [0.15, 0.2) is 0 Å². The molecule has 0 spiro atoms. The van der Waals surface area contributed by atoms with Gasteiger partial charge in [0.1, 0.15) is 5.78 Å². The lowest BCUT2D eigenvalue weighted by molar-refractivity contribution is -0.140. The van der Waals surface area contributed by atoms with Crippen LogP contribution in [0.1, 0.15) is 20.8 Å². The molecular weight excluding hydrogens is 408 g/mol. The van der Waals surface area contributed by atoms with E-state index < -0.39 is 11.9 Å². The molecule has 3 N–H and O–H groups in total. The first-order valence-electron chi connectivity index (χ1n) is 10.6. The third-order valence-electron chi connectivity index (χ3n) is 5.12. The summed E-state index contributed by atoms with van der Waals surface area (Å²) < 4.78 is 0. The Labute approximate surface area is 184 Å². The van der Waals surface area contributed by atoms with Crippen LogP contribution in [0.15, 0.2) is 0 Å². The Bertz CT molecular complexity index is 560. The number of carbonyl (C=O) groups is 4. The van der Waals surface area contributed by atoms with Gasteiger partial charge in [-0.15, -0.1) is 0 Å². The smallest absolute Gasteiger partial charge is 0.317 e. The van der Waals surface area contributed by atoms with E-state index >= 15 is 0 Å². The highest BCUT2D eigenvalue weighted by molar-refractivity contribution is 5.82. The van der Waals surface area contributed by atoms with Crippen LogP contribution in [0, 0.1) is 5.92 Å². The number of carbonyl (C=O) groups excluding carboxylic acids is 1. The van der Waals surface area contributed by atoms with E-state index in [2.05, 4.69) is 16.7 Å². The monoisotopic (exact) mass is 446 g/mol. The van der Waals surface area contributed by atoms with Gasteiger partial charge in [-0.2, -0.15) is 0 Å². The van der Waals surface area contributed by atoms with Crippen molar-refractivity contribution in [3.05, 3.63) is 0 Å². The summed E-state index contributed by atoms with van der Waals surface area (Å²) >= 11 is 0. The number of Topliss-reactive ketones (excluding diaryl/α,β-unsaturated/α-hetero) is 1. The van der Waals surface area contributed by atoms with Gasteiger partial charge in [-0.1, -0.05) is 20.8 Å². The lowest BCUT2D eigenvalue weighted by Gasteiger charge is -2.33. The first kappa shape index (κ1) is 28.9. The highest BCUT2D eigenvalue weighted by atomic mass is 16.4. The van der Waals surface area contributed by atoms with Gasteiger partial charge in [-0.3, -0.25) is 33.9 Å². The first-order valence-corrected chi connectivity index (χ1v) is 10.6. The van der Waals surface area contributed by atoms with E-state index in [1.54, 1.807) is 0 Å². The maximum Gasteiger partial charge on any atom is 0.317 e. The molecule has 1 fully saturated rings. The van der Waals surface area contributed by atoms with Crippen LogP contribution in [0.2, 0.25) is 0 Å². The van der Waals surface area contributed by atoms with Crippen molar-refractivity contribution in [3.8, 4) is 0 Å². The summed E-state index contributed by atoms with van der Waals surface area (Å²) in [5.74, 6) is -1.62. The Balaban J connectivity index is 0.00000282. The standard InChI is InChI=1S/C19H36N4O5.CH2O2/c1-4-20-5-7-21(13-17(24)16(2)3)9-10-23(15-19(27)28)12-11-22(8-6-20)14-18(25)26;2-1-3/h16H,4-15H2,1-3H3,(H,25,26)(H,27,28);1H,(H,2,3). The van der Waals surface area contributed by atoms with Crippen molar-refractivity contribution in [2.24, 2.45) is 5.92 Å². The number of carboxylic acid groups (broad SMARTS) is 3. The largest absolute Gasteiger partial charge is 0.483 e. The Morgan fingerprint density at radius 1 is 0.742 bits per heavy atom. The number of hydrogen-bond donors (Lipinski definition) is 3. The molecule has 1 aliphatic rings.